The van der Waals surface area contributed by atoms with E-state index < -0.39 is 0 Å². The molecular formula is C15H26N2O3. The first-order chi connectivity index (χ1) is 9.62. The van der Waals surface area contributed by atoms with Crippen LogP contribution in [-0.2, 0) is 16.0 Å². The van der Waals surface area contributed by atoms with Crippen LogP contribution in [0.25, 0.3) is 0 Å². The SMILES string of the molecule is COCCN(Cc1cc(OC)ccc1N)C(C)COC. The van der Waals surface area contributed by atoms with Crippen molar-refractivity contribution in [3.63, 3.8) is 0 Å². The Morgan fingerprint density at radius 1 is 1.20 bits per heavy atom. The van der Waals surface area contributed by atoms with Crippen molar-refractivity contribution in [1.82, 2.24) is 4.90 Å². The van der Waals surface area contributed by atoms with E-state index in [1.54, 1.807) is 21.3 Å². The van der Waals surface area contributed by atoms with Crippen LogP contribution in [0.5, 0.6) is 5.75 Å². The van der Waals surface area contributed by atoms with Crippen molar-refractivity contribution in [2.45, 2.75) is 19.5 Å². The third-order valence-corrected chi connectivity index (χ3v) is 3.34. The molecule has 0 spiro atoms. The molecule has 0 amide bonds. The number of benzene rings is 1. The molecule has 0 aliphatic carbocycles. The van der Waals surface area contributed by atoms with E-state index in [0.717, 1.165) is 30.1 Å². The Kier molecular flexibility index (Phi) is 7.36. The fourth-order valence-electron chi connectivity index (χ4n) is 2.08. The van der Waals surface area contributed by atoms with E-state index in [4.69, 9.17) is 19.9 Å². The first kappa shape index (κ1) is 16.8. The number of hydrogen-bond donors (Lipinski definition) is 1. The van der Waals surface area contributed by atoms with E-state index in [-0.39, 0.29) is 0 Å². The highest BCUT2D eigenvalue weighted by atomic mass is 16.5. The van der Waals surface area contributed by atoms with Crippen LogP contribution in [0, 0.1) is 0 Å². The van der Waals surface area contributed by atoms with Gasteiger partial charge in [-0.3, -0.25) is 4.90 Å². The summed E-state index contributed by atoms with van der Waals surface area (Å²) in [5, 5.41) is 0. The number of ether oxygens (including phenoxy) is 3. The molecule has 0 aliphatic rings. The van der Waals surface area contributed by atoms with Gasteiger partial charge in [-0.2, -0.15) is 0 Å². The van der Waals surface area contributed by atoms with Gasteiger partial charge in [-0.15, -0.1) is 0 Å². The lowest BCUT2D eigenvalue weighted by Gasteiger charge is -2.29. The minimum Gasteiger partial charge on any atom is -0.497 e. The predicted molar refractivity (Wildman–Crippen MR) is 81.0 cm³/mol. The van der Waals surface area contributed by atoms with Gasteiger partial charge in [-0.1, -0.05) is 0 Å². The summed E-state index contributed by atoms with van der Waals surface area (Å²) in [6.07, 6.45) is 0. The number of nitrogens with two attached hydrogens (primary N) is 1. The highest BCUT2D eigenvalue weighted by Crippen LogP contribution is 2.21. The molecular weight excluding hydrogens is 256 g/mol. The Hall–Kier alpha value is -1.30. The molecule has 1 aromatic rings. The molecule has 5 heteroatoms. The van der Waals surface area contributed by atoms with Gasteiger partial charge in [0.2, 0.25) is 0 Å². The first-order valence-electron chi connectivity index (χ1n) is 6.76. The second-order valence-corrected chi connectivity index (χ2v) is 4.83. The van der Waals surface area contributed by atoms with Crippen molar-refractivity contribution in [2.75, 3.05) is 46.8 Å². The summed E-state index contributed by atoms with van der Waals surface area (Å²) in [6, 6.07) is 6.02. The predicted octanol–water partition coefficient (Wildman–Crippen LogP) is 1.76. The molecule has 0 bridgehead atoms. The highest BCUT2D eigenvalue weighted by molar-refractivity contribution is 5.50. The molecule has 5 nitrogen and oxygen atoms in total. The summed E-state index contributed by atoms with van der Waals surface area (Å²) in [6.45, 7) is 5.07. The van der Waals surface area contributed by atoms with Gasteiger partial charge >= 0.3 is 0 Å². The summed E-state index contributed by atoms with van der Waals surface area (Å²) in [5.41, 5.74) is 7.88. The van der Waals surface area contributed by atoms with Crippen LogP contribution in [0.2, 0.25) is 0 Å². The van der Waals surface area contributed by atoms with Crippen LogP contribution in [0.15, 0.2) is 18.2 Å². The normalized spacial score (nSPS) is 12.7. The summed E-state index contributed by atoms with van der Waals surface area (Å²) in [7, 11) is 5.08. The van der Waals surface area contributed by atoms with Crippen molar-refractivity contribution in [1.29, 1.82) is 0 Å². The zero-order valence-corrected chi connectivity index (χ0v) is 12.9. The van der Waals surface area contributed by atoms with Gasteiger partial charge < -0.3 is 19.9 Å². The second kappa shape index (κ2) is 8.79. The van der Waals surface area contributed by atoms with Crippen LogP contribution in [0.4, 0.5) is 5.69 Å². The van der Waals surface area contributed by atoms with E-state index >= 15 is 0 Å². The van der Waals surface area contributed by atoms with Crippen molar-refractivity contribution >= 4 is 5.69 Å². The van der Waals surface area contributed by atoms with Gasteiger partial charge in [0, 0.05) is 39.0 Å². The van der Waals surface area contributed by atoms with E-state index in [2.05, 4.69) is 11.8 Å². The second-order valence-electron chi connectivity index (χ2n) is 4.83. The van der Waals surface area contributed by atoms with Gasteiger partial charge in [-0.25, -0.2) is 0 Å². The summed E-state index contributed by atoms with van der Waals surface area (Å²) < 4.78 is 15.7. The number of hydrogen-bond acceptors (Lipinski definition) is 5. The Labute approximate surface area is 121 Å². The molecule has 0 fully saturated rings. The van der Waals surface area contributed by atoms with Gasteiger partial charge in [0.15, 0.2) is 0 Å². The summed E-state index contributed by atoms with van der Waals surface area (Å²) in [4.78, 5) is 2.29. The number of nitrogen functional groups attached to an aromatic ring is 1. The van der Waals surface area contributed by atoms with Crippen LogP contribution >= 0.6 is 0 Å². The van der Waals surface area contributed by atoms with Gasteiger partial charge in [0.1, 0.15) is 5.75 Å². The number of methoxy groups -OCH3 is 3. The Bertz CT molecular complexity index is 399. The third-order valence-electron chi connectivity index (χ3n) is 3.34. The summed E-state index contributed by atoms with van der Waals surface area (Å²) in [5.74, 6) is 0.820. The van der Waals surface area contributed by atoms with E-state index in [0.29, 0.717) is 19.3 Å². The number of rotatable bonds is 9. The smallest absolute Gasteiger partial charge is 0.119 e. The van der Waals surface area contributed by atoms with Crippen LogP contribution in [0.1, 0.15) is 12.5 Å². The lowest BCUT2D eigenvalue weighted by molar-refractivity contribution is 0.0706. The molecule has 0 heterocycles. The quantitative estimate of drug-likeness (QED) is 0.699. The average Bonchev–Trinajstić information content (AvgIpc) is 2.45. The summed E-state index contributed by atoms with van der Waals surface area (Å²) >= 11 is 0. The van der Waals surface area contributed by atoms with Gasteiger partial charge in [0.05, 0.1) is 20.3 Å². The Morgan fingerprint density at radius 2 is 1.95 bits per heavy atom. The average molecular weight is 282 g/mol. The largest absolute Gasteiger partial charge is 0.497 e. The molecule has 1 unspecified atom stereocenters. The Morgan fingerprint density at radius 3 is 2.55 bits per heavy atom. The molecule has 114 valence electrons. The number of anilines is 1. The maximum atomic E-state index is 6.05. The van der Waals surface area contributed by atoms with E-state index in [1.165, 1.54) is 0 Å². The molecule has 0 radical (unpaired) electrons. The number of nitrogens with zero attached hydrogens (tertiary/aromatic N) is 1. The van der Waals surface area contributed by atoms with Crippen molar-refractivity contribution in [2.24, 2.45) is 0 Å². The molecule has 2 N–H and O–H groups in total. The van der Waals surface area contributed by atoms with Crippen molar-refractivity contribution < 1.29 is 14.2 Å². The molecule has 0 saturated carbocycles. The minimum atomic E-state index is 0.292. The van der Waals surface area contributed by atoms with E-state index in [9.17, 15) is 0 Å². The van der Waals surface area contributed by atoms with Crippen molar-refractivity contribution in [3.8, 4) is 5.75 Å². The maximum absolute atomic E-state index is 6.05. The maximum Gasteiger partial charge on any atom is 0.119 e. The van der Waals surface area contributed by atoms with Crippen molar-refractivity contribution in [3.05, 3.63) is 23.8 Å². The van der Waals surface area contributed by atoms with Crippen LogP contribution in [0.3, 0.4) is 0 Å². The van der Waals surface area contributed by atoms with Crippen LogP contribution < -0.4 is 10.5 Å². The lowest BCUT2D eigenvalue weighted by atomic mass is 10.1. The zero-order valence-electron chi connectivity index (χ0n) is 12.9. The third kappa shape index (κ3) is 5.00. The zero-order chi connectivity index (χ0) is 15.0. The fraction of sp³-hybridized carbons (Fsp3) is 0.600. The monoisotopic (exact) mass is 282 g/mol. The molecule has 1 atom stereocenters. The minimum absolute atomic E-state index is 0.292. The molecule has 20 heavy (non-hydrogen) atoms. The van der Waals surface area contributed by atoms with Gasteiger partial charge in [0.25, 0.3) is 0 Å². The molecule has 1 aromatic carbocycles. The molecule has 0 aliphatic heterocycles. The standard InChI is InChI=1S/C15H26N2O3/c1-12(11-19-3)17(7-8-18-2)10-13-9-14(20-4)5-6-15(13)16/h5-6,9,12H,7-8,10-11,16H2,1-4H3. The molecule has 1 rings (SSSR count). The fourth-order valence-corrected chi connectivity index (χ4v) is 2.08. The molecule has 0 aromatic heterocycles. The Balaban J connectivity index is 2.81. The lowest BCUT2D eigenvalue weighted by Crippen LogP contribution is -2.38. The molecule has 0 saturated heterocycles. The van der Waals surface area contributed by atoms with E-state index in [1.807, 2.05) is 18.2 Å². The highest BCUT2D eigenvalue weighted by Gasteiger charge is 2.15. The first-order valence-corrected chi connectivity index (χ1v) is 6.76. The van der Waals surface area contributed by atoms with Gasteiger partial charge in [-0.05, 0) is 30.7 Å². The topological polar surface area (TPSA) is 57.0 Å². The van der Waals surface area contributed by atoms with Crippen LogP contribution in [-0.4, -0.2) is 52.0 Å².